The number of hydrogen-bond acceptors (Lipinski definition) is 2. The number of aromatic nitrogens is 3. The summed E-state index contributed by atoms with van der Waals surface area (Å²) in [4.78, 5) is 8.81. The van der Waals surface area contributed by atoms with Gasteiger partial charge in [-0.3, -0.25) is 0 Å². The molecule has 2 heterocycles. The van der Waals surface area contributed by atoms with Gasteiger partial charge in [0.05, 0.1) is 17.6 Å². The molecule has 0 bridgehead atoms. The standard InChI is InChI=1S/C14H12FN3/c1-9-8-16-14-12(17-9)7-13(18(14)2)10-3-5-11(15)6-4-10/h3-8H,1-2H3. The van der Waals surface area contributed by atoms with E-state index >= 15 is 0 Å². The fraction of sp³-hybridized carbons (Fsp3) is 0.143. The van der Waals surface area contributed by atoms with E-state index < -0.39 is 0 Å². The average molecular weight is 241 g/mol. The van der Waals surface area contributed by atoms with E-state index in [-0.39, 0.29) is 5.82 Å². The number of nitrogens with zero attached hydrogens (tertiary/aromatic N) is 3. The number of fused-ring (bicyclic) bond motifs is 1. The zero-order chi connectivity index (χ0) is 12.7. The van der Waals surface area contributed by atoms with Gasteiger partial charge in [-0.1, -0.05) is 0 Å². The smallest absolute Gasteiger partial charge is 0.158 e. The van der Waals surface area contributed by atoms with Crippen LogP contribution >= 0.6 is 0 Å². The second kappa shape index (κ2) is 3.91. The quantitative estimate of drug-likeness (QED) is 0.655. The highest BCUT2D eigenvalue weighted by Crippen LogP contribution is 2.25. The van der Waals surface area contributed by atoms with Crippen molar-refractivity contribution in [2.45, 2.75) is 6.92 Å². The molecular formula is C14H12FN3. The molecule has 0 unspecified atom stereocenters. The summed E-state index contributed by atoms with van der Waals surface area (Å²) in [6.07, 6.45) is 1.75. The van der Waals surface area contributed by atoms with Crippen LogP contribution in [0.4, 0.5) is 4.39 Å². The highest BCUT2D eigenvalue weighted by atomic mass is 19.1. The molecule has 0 radical (unpaired) electrons. The van der Waals surface area contributed by atoms with E-state index in [0.29, 0.717) is 0 Å². The third-order valence-corrected chi connectivity index (χ3v) is 2.99. The third-order valence-electron chi connectivity index (χ3n) is 2.99. The minimum Gasteiger partial charge on any atom is -0.327 e. The Kier molecular flexibility index (Phi) is 2.37. The molecule has 3 aromatic rings. The molecule has 0 atom stereocenters. The van der Waals surface area contributed by atoms with Crippen molar-refractivity contribution in [1.82, 2.24) is 14.5 Å². The summed E-state index contributed by atoms with van der Waals surface area (Å²) in [5.74, 6) is -0.232. The van der Waals surface area contributed by atoms with E-state index in [2.05, 4.69) is 9.97 Å². The molecule has 18 heavy (non-hydrogen) atoms. The van der Waals surface area contributed by atoms with Crippen LogP contribution in [0.3, 0.4) is 0 Å². The van der Waals surface area contributed by atoms with Crippen LogP contribution in [0, 0.1) is 12.7 Å². The minimum atomic E-state index is -0.232. The van der Waals surface area contributed by atoms with Crippen molar-refractivity contribution >= 4 is 11.2 Å². The summed E-state index contributed by atoms with van der Waals surface area (Å²) in [5, 5.41) is 0. The van der Waals surface area contributed by atoms with Gasteiger partial charge in [-0.05, 0) is 42.8 Å². The Balaban J connectivity index is 2.23. The van der Waals surface area contributed by atoms with Gasteiger partial charge in [0, 0.05) is 7.05 Å². The van der Waals surface area contributed by atoms with Gasteiger partial charge in [0.15, 0.2) is 5.65 Å². The van der Waals surface area contributed by atoms with Gasteiger partial charge in [-0.25, -0.2) is 14.4 Å². The van der Waals surface area contributed by atoms with Crippen LogP contribution in [0.15, 0.2) is 36.5 Å². The maximum atomic E-state index is 12.9. The van der Waals surface area contributed by atoms with E-state index in [1.54, 1.807) is 18.3 Å². The summed E-state index contributed by atoms with van der Waals surface area (Å²) in [6, 6.07) is 8.41. The maximum Gasteiger partial charge on any atom is 0.158 e. The molecule has 0 amide bonds. The summed E-state index contributed by atoms with van der Waals surface area (Å²) in [7, 11) is 1.94. The summed E-state index contributed by atoms with van der Waals surface area (Å²) >= 11 is 0. The molecule has 0 aliphatic heterocycles. The first-order valence-corrected chi connectivity index (χ1v) is 5.70. The van der Waals surface area contributed by atoms with Crippen LogP contribution in [0.25, 0.3) is 22.4 Å². The first kappa shape index (κ1) is 10.9. The fourth-order valence-electron chi connectivity index (χ4n) is 2.08. The molecule has 1 aromatic carbocycles. The molecule has 3 rings (SSSR count). The van der Waals surface area contributed by atoms with Crippen LogP contribution in [0.2, 0.25) is 0 Å². The van der Waals surface area contributed by atoms with Gasteiger partial charge in [0.2, 0.25) is 0 Å². The van der Waals surface area contributed by atoms with Crippen LogP contribution < -0.4 is 0 Å². The second-order valence-corrected chi connectivity index (χ2v) is 4.32. The zero-order valence-electron chi connectivity index (χ0n) is 10.2. The molecule has 0 fully saturated rings. The van der Waals surface area contributed by atoms with Gasteiger partial charge in [0.1, 0.15) is 11.3 Å². The number of aryl methyl sites for hydroxylation is 2. The number of hydrogen-bond donors (Lipinski definition) is 0. The van der Waals surface area contributed by atoms with Crippen LogP contribution in [0.5, 0.6) is 0 Å². The Hall–Kier alpha value is -2.23. The molecule has 0 saturated carbocycles. The first-order chi connectivity index (χ1) is 8.65. The molecule has 2 aromatic heterocycles. The fourth-order valence-corrected chi connectivity index (χ4v) is 2.08. The lowest BCUT2D eigenvalue weighted by molar-refractivity contribution is 0.628. The van der Waals surface area contributed by atoms with Gasteiger partial charge >= 0.3 is 0 Å². The molecule has 90 valence electrons. The summed E-state index contributed by atoms with van der Waals surface area (Å²) < 4.78 is 14.9. The monoisotopic (exact) mass is 241 g/mol. The van der Waals surface area contributed by atoms with Crippen LogP contribution in [0.1, 0.15) is 5.69 Å². The predicted octanol–water partition coefficient (Wildman–Crippen LogP) is 3.08. The maximum absolute atomic E-state index is 12.9. The predicted molar refractivity (Wildman–Crippen MR) is 68.6 cm³/mol. The first-order valence-electron chi connectivity index (χ1n) is 5.70. The molecule has 4 heteroatoms. The van der Waals surface area contributed by atoms with E-state index in [1.807, 2.05) is 24.6 Å². The Labute approximate surface area is 104 Å². The second-order valence-electron chi connectivity index (χ2n) is 4.32. The molecule has 0 aliphatic rings. The van der Waals surface area contributed by atoms with Crippen LogP contribution in [-0.4, -0.2) is 14.5 Å². The average Bonchev–Trinajstić information content (AvgIpc) is 2.67. The van der Waals surface area contributed by atoms with Crippen molar-refractivity contribution in [3.05, 3.63) is 48.0 Å². The Bertz CT molecular complexity index is 714. The molecule has 0 N–H and O–H groups in total. The van der Waals surface area contributed by atoms with Crippen LogP contribution in [-0.2, 0) is 7.05 Å². The van der Waals surface area contributed by atoms with E-state index in [1.165, 1.54) is 12.1 Å². The van der Waals surface area contributed by atoms with E-state index in [4.69, 9.17) is 0 Å². The van der Waals surface area contributed by atoms with Crippen molar-refractivity contribution in [3.8, 4) is 11.3 Å². The molecule has 0 aliphatic carbocycles. The normalized spacial score (nSPS) is 11.1. The Morgan fingerprint density at radius 1 is 1.17 bits per heavy atom. The lowest BCUT2D eigenvalue weighted by Crippen LogP contribution is -1.94. The lowest BCUT2D eigenvalue weighted by Gasteiger charge is -2.03. The Morgan fingerprint density at radius 3 is 2.61 bits per heavy atom. The van der Waals surface area contributed by atoms with Gasteiger partial charge in [-0.2, -0.15) is 0 Å². The van der Waals surface area contributed by atoms with Crippen molar-refractivity contribution in [3.63, 3.8) is 0 Å². The van der Waals surface area contributed by atoms with Crippen molar-refractivity contribution < 1.29 is 4.39 Å². The van der Waals surface area contributed by atoms with E-state index in [0.717, 1.165) is 28.1 Å². The molecule has 0 saturated heterocycles. The highest BCUT2D eigenvalue weighted by molar-refractivity contribution is 5.80. The third kappa shape index (κ3) is 1.66. The lowest BCUT2D eigenvalue weighted by atomic mass is 10.1. The van der Waals surface area contributed by atoms with Gasteiger partial charge in [-0.15, -0.1) is 0 Å². The van der Waals surface area contributed by atoms with E-state index in [9.17, 15) is 4.39 Å². The minimum absolute atomic E-state index is 0.232. The van der Waals surface area contributed by atoms with Gasteiger partial charge in [0.25, 0.3) is 0 Å². The Morgan fingerprint density at radius 2 is 1.89 bits per heavy atom. The zero-order valence-corrected chi connectivity index (χ0v) is 10.2. The highest BCUT2D eigenvalue weighted by Gasteiger charge is 2.09. The summed E-state index contributed by atoms with van der Waals surface area (Å²) in [6.45, 7) is 1.91. The molecule has 3 nitrogen and oxygen atoms in total. The largest absolute Gasteiger partial charge is 0.327 e. The molecular weight excluding hydrogens is 229 g/mol. The SMILES string of the molecule is Cc1cnc2c(cc(-c3ccc(F)cc3)n2C)n1. The summed E-state index contributed by atoms with van der Waals surface area (Å²) in [5.41, 5.74) is 4.52. The van der Waals surface area contributed by atoms with Crippen molar-refractivity contribution in [2.75, 3.05) is 0 Å². The van der Waals surface area contributed by atoms with Crippen molar-refractivity contribution in [1.29, 1.82) is 0 Å². The topological polar surface area (TPSA) is 30.7 Å². The van der Waals surface area contributed by atoms with Gasteiger partial charge < -0.3 is 4.57 Å². The van der Waals surface area contributed by atoms with Crippen molar-refractivity contribution in [2.24, 2.45) is 7.05 Å². The number of benzene rings is 1. The molecule has 0 spiro atoms. The number of rotatable bonds is 1. The number of halogens is 1.